The number of rotatable bonds is 22. The second-order valence-electron chi connectivity index (χ2n) is 10.8. The number of hydrogen-bond donors (Lipinski definition) is 2. The van der Waals surface area contributed by atoms with Gasteiger partial charge >= 0.3 is 24.0 Å². The molecule has 0 spiro atoms. The van der Waals surface area contributed by atoms with Crippen molar-refractivity contribution < 1.29 is 41.1 Å². The summed E-state index contributed by atoms with van der Waals surface area (Å²) in [6.45, 7) is 8.85. The molecule has 4 atom stereocenters. The fourth-order valence-electron chi connectivity index (χ4n) is 4.18. The smallest absolute Gasteiger partial charge is 0.463 e. The molecule has 0 heterocycles. The van der Waals surface area contributed by atoms with Gasteiger partial charge in [0.05, 0.1) is 6.61 Å². The molecule has 236 valence electrons. The van der Waals surface area contributed by atoms with Crippen LogP contribution in [-0.4, -0.2) is 48.6 Å². The first-order valence-corrected chi connectivity index (χ1v) is 15.0. The molecule has 11 heteroatoms. The number of esters is 1. The molecule has 0 radical (unpaired) electrons. The van der Waals surface area contributed by atoms with Crippen LogP contribution >= 0.6 is 0 Å². The van der Waals surface area contributed by atoms with Crippen molar-refractivity contribution in [3.8, 4) is 0 Å². The third-order valence-corrected chi connectivity index (χ3v) is 7.43. The van der Waals surface area contributed by atoms with Crippen molar-refractivity contribution in [2.75, 3.05) is 6.61 Å². The quantitative estimate of drug-likeness (QED) is 0.0782. The SMILES string of the molecule is CCCCCCCCCCCCCCOC(=O)C(NC(=O)C(NC(=O)C(F)(F)C(F)(F)F)C(C)CC)C(C)CC. The maximum atomic E-state index is 13.5. The Morgan fingerprint density at radius 3 is 1.50 bits per heavy atom. The Morgan fingerprint density at radius 1 is 0.650 bits per heavy atom. The van der Waals surface area contributed by atoms with Gasteiger partial charge in [0.15, 0.2) is 0 Å². The van der Waals surface area contributed by atoms with E-state index in [4.69, 9.17) is 4.74 Å². The molecule has 0 aliphatic heterocycles. The Kier molecular flexibility index (Phi) is 19.1. The van der Waals surface area contributed by atoms with Gasteiger partial charge in [-0.25, -0.2) is 4.79 Å². The zero-order chi connectivity index (χ0) is 30.8. The van der Waals surface area contributed by atoms with Crippen LogP contribution in [0.1, 0.15) is 125 Å². The molecule has 0 aromatic rings. The van der Waals surface area contributed by atoms with Gasteiger partial charge in [0.2, 0.25) is 5.91 Å². The van der Waals surface area contributed by atoms with Gasteiger partial charge in [-0.1, -0.05) is 118 Å². The van der Waals surface area contributed by atoms with E-state index >= 15 is 0 Å². The summed E-state index contributed by atoms with van der Waals surface area (Å²) >= 11 is 0. The Bertz CT molecular complexity index is 734. The van der Waals surface area contributed by atoms with E-state index in [2.05, 4.69) is 12.2 Å². The Morgan fingerprint density at radius 2 is 1.07 bits per heavy atom. The standard InChI is InChI=1S/C29H51F5N2O4/c1-6-9-10-11-12-13-14-15-16-17-18-19-20-40-26(38)24(22(5)8-3)35-25(37)23(21(4)7-2)36-27(39)28(30,31)29(32,33)34/h21-24H,6-20H2,1-5H3,(H,35,37)(H,36,39). The summed E-state index contributed by atoms with van der Waals surface area (Å²) in [5, 5.41) is 3.96. The van der Waals surface area contributed by atoms with Crippen molar-refractivity contribution in [2.24, 2.45) is 11.8 Å². The Balaban J connectivity index is 4.78. The van der Waals surface area contributed by atoms with Gasteiger partial charge in [0.25, 0.3) is 0 Å². The van der Waals surface area contributed by atoms with E-state index in [1.807, 2.05) is 0 Å². The highest BCUT2D eigenvalue weighted by atomic mass is 19.4. The molecule has 0 aromatic heterocycles. The highest BCUT2D eigenvalue weighted by Gasteiger charge is 2.64. The summed E-state index contributed by atoms with van der Waals surface area (Å²) in [4.78, 5) is 37.4. The minimum absolute atomic E-state index is 0.155. The Hall–Kier alpha value is -1.94. The van der Waals surface area contributed by atoms with Crippen LogP contribution < -0.4 is 10.6 Å². The molecule has 0 rings (SSSR count). The normalized spacial score (nSPS) is 15.2. The maximum absolute atomic E-state index is 13.5. The lowest BCUT2D eigenvalue weighted by Gasteiger charge is -2.29. The highest BCUT2D eigenvalue weighted by Crippen LogP contribution is 2.35. The molecule has 0 bridgehead atoms. The molecular weight excluding hydrogens is 535 g/mol. The fourth-order valence-corrected chi connectivity index (χ4v) is 4.18. The lowest BCUT2D eigenvalue weighted by Crippen LogP contribution is -2.60. The van der Waals surface area contributed by atoms with E-state index in [-0.39, 0.29) is 13.0 Å². The number of unbranched alkanes of at least 4 members (excludes halogenated alkanes) is 11. The molecule has 2 amide bonds. The van der Waals surface area contributed by atoms with Crippen LogP contribution in [0.15, 0.2) is 0 Å². The number of carbonyl (C=O) groups is 3. The first-order chi connectivity index (χ1) is 18.7. The second-order valence-corrected chi connectivity index (χ2v) is 10.8. The summed E-state index contributed by atoms with van der Waals surface area (Å²) in [5.74, 6) is -11.2. The molecule has 0 aliphatic carbocycles. The third-order valence-electron chi connectivity index (χ3n) is 7.43. The van der Waals surface area contributed by atoms with Gasteiger partial charge in [0, 0.05) is 0 Å². The Labute approximate surface area is 236 Å². The van der Waals surface area contributed by atoms with Gasteiger partial charge in [-0.3, -0.25) is 9.59 Å². The van der Waals surface area contributed by atoms with Crippen molar-refractivity contribution in [1.82, 2.24) is 10.6 Å². The van der Waals surface area contributed by atoms with Crippen LogP contribution in [0.3, 0.4) is 0 Å². The van der Waals surface area contributed by atoms with Gasteiger partial charge in [0.1, 0.15) is 12.1 Å². The average Bonchev–Trinajstić information content (AvgIpc) is 2.90. The van der Waals surface area contributed by atoms with Crippen molar-refractivity contribution in [3.63, 3.8) is 0 Å². The van der Waals surface area contributed by atoms with E-state index in [1.54, 1.807) is 20.8 Å². The lowest BCUT2D eigenvalue weighted by molar-refractivity contribution is -0.270. The topological polar surface area (TPSA) is 84.5 Å². The molecule has 0 saturated heterocycles. The molecule has 0 aliphatic rings. The fraction of sp³-hybridized carbons (Fsp3) is 0.897. The van der Waals surface area contributed by atoms with Gasteiger partial charge in [-0.05, 0) is 18.3 Å². The third kappa shape index (κ3) is 14.1. The second kappa shape index (κ2) is 20.0. The molecule has 0 fully saturated rings. The van der Waals surface area contributed by atoms with Gasteiger partial charge in [-0.15, -0.1) is 0 Å². The minimum atomic E-state index is -6.11. The molecular formula is C29H51F5N2O4. The zero-order valence-corrected chi connectivity index (χ0v) is 24.9. The van der Waals surface area contributed by atoms with E-state index in [0.29, 0.717) is 12.8 Å². The van der Waals surface area contributed by atoms with Crippen molar-refractivity contribution in [3.05, 3.63) is 0 Å². The van der Waals surface area contributed by atoms with Crippen LogP contribution in [0.4, 0.5) is 22.0 Å². The van der Waals surface area contributed by atoms with Crippen LogP contribution in [-0.2, 0) is 19.1 Å². The maximum Gasteiger partial charge on any atom is 0.463 e. The number of carbonyl (C=O) groups excluding carboxylic acids is 3. The minimum Gasteiger partial charge on any atom is -0.464 e. The van der Waals surface area contributed by atoms with E-state index in [1.165, 1.54) is 63.6 Å². The summed E-state index contributed by atoms with van der Waals surface area (Å²) in [6.07, 6.45) is 8.36. The summed E-state index contributed by atoms with van der Waals surface area (Å²) in [7, 11) is 0. The predicted molar refractivity (Wildman–Crippen MR) is 146 cm³/mol. The molecule has 6 nitrogen and oxygen atoms in total. The summed E-state index contributed by atoms with van der Waals surface area (Å²) in [5.41, 5.74) is 0. The lowest BCUT2D eigenvalue weighted by atomic mass is 9.95. The number of hydrogen-bond acceptors (Lipinski definition) is 4. The van der Waals surface area contributed by atoms with E-state index < -0.39 is 53.8 Å². The molecule has 40 heavy (non-hydrogen) atoms. The van der Waals surface area contributed by atoms with Gasteiger partial charge < -0.3 is 15.4 Å². The molecule has 0 aromatic carbocycles. The average molecular weight is 587 g/mol. The number of nitrogens with one attached hydrogen (secondary N) is 2. The number of amides is 2. The number of ether oxygens (including phenoxy) is 1. The van der Waals surface area contributed by atoms with Crippen LogP contribution in [0.5, 0.6) is 0 Å². The largest absolute Gasteiger partial charge is 0.464 e. The number of alkyl halides is 5. The van der Waals surface area contributed by atoms with Gasteiger partial charge in [-0.2, -0.15) is 22.0 Å². The zero-order valence-electron chi connectivity index (χ0n) is 24.9. The molecule has 0 saturated carbocycles. The number of halogens is 5. The predicted octanol–water partition coefficient (Wildman–Crippen LogP) is 7.49. The van der Waals surface area contributed by atoms with E-state index in [9.17, 15) is 36.3 Å². The van der Waals surface area contributed by atoms with Crippen molar-refractivity contribution in [1.29, 1.82) is 0 Å². The highest BCUT2D eigenvalue weighted by molar-refractivity contribution is 5.93. The van der Waals surface area contributed by atoms with Crippen molar-refractivity contribution in [2.45, 2.75) is 149 Å². The first kappa shape index (κ1) is 38.1. The monoisotopic (exact) mass is 586 g/mol. The van der Waals surface area contributed by atoms with Crippen molar-refractivity contribution >= 4 is 17.8 Å². The van der Waals surface area contributed by atoms with Crippen LogP contribution in [0.2, 0.25) is 0 Å². The first-order valence-electron chi connectivity index (χ1n) is 15.0. The van der Waals surface area contributed by atoms with E-state index in [0.717, 1.165) is 19.3 Å². The molecule has 2 N–H and O–H groups in total. The van der Waals surface area contributed by atoms with Crippen LogP contribution in [0.25, 0.3) is 0 Å². The molecule has 4 unspecified atom stereocenters. The summed E-state index contributed by atoms with van der Waals surface area (Å²) < 4.78 is 70.2. The summed E-state index contributed by atoms with van der Waals surface area (Å²) in [6, 6.07) is -2.83. The van der Waals surface area contributed by atoms with Crippen LogP contribution in [0, 0.1) is 11.8 Å².